The predicted molar refractivity (Wildman–Crippen MR) is 103 cm³/mol. The van der Waals surface area contributed by atoms with Crippen LogP contribution >= 0.6 is 11.6 Å². The lowest BCUT2D eigenvalue weighted by Gasteiger charge is -2.09. The highest BCUT2D eigenvalue weighted by Gasteiger charge is 2.09. The van der Waals surface area contributed by atoms with Crippen LogP contribution in [0.15, 0.2) is 47.6 Å². The zero-order chi connectivity index (χ0) is 18.9. The zero-order valence-electron chi connectivity index (χ0n) is 14.6. The van der Waals surface area contributed by atoms with Crippen molar-refractivity contribution in [1.82, 2.24) is 5.43 Å². The van der Waals surface area contributed by atoms with Crippen LogP contribution in [0.1, 0.15) is 24.0 Å². The first kappa shape index (κ1) is 19.5. The molecule has 0 aliphatic rings. The van der Waals surface area contributed by atoms with E-state index in [0.29, 0.717) is 16.5 Å². The minimum Gasteiger partial charge on any atom is -0.496 e. The summed E-state index contributed by atoms with van der Waals surface area (Å²) in [4.78, 5) is 23.8. The molecule has 7 heteroatoms. The molecule has 0 spiro atoms. The first-order chi connectivity index (χ1) is 12.5. The molecule has 0 heterocycles. The van der Waals surface area contributed by atoms with Crippen LogP contribution in [0.4, 0.5) is 5.69 Å². The van der Waals surface area contributed by atoms with Gasteiger partial charge in [-0.25, -0.2) is 5.43 Å². The first-order valence-electron chi connectivity index (χ1n) is 8.01. The molecule has 2 N–H and O–H groups in total. The zero-order valence-corrected chi connectivity index (χ0v) is 15.3. The van der Waals surface area contributed by atoms with Gasteiger partial charge in [0, 0.05) is 29.1 Å². The molecule has 2 aromatic rings. The fraction of sp³-hybridized carbons (Fsp3) is 0.211. The maximum Gasteiger partial charge on any atom is 0.240 e. The van der Waals surface area contributed by atoms with Gasteiger partial charge < -0.3 is 10.1 Å². The number of ether oxygens (including phenoxy) is 1. The number of rotatable bonds is 7. The largest absolute Gasteiger partial charge is 0.496 e. The van der Waals surface area contributed by atoms with E-state index in [9.17, 15) is 9.59 Å². The summed E-state index contributed by atoms with van der Waals surface area (Å²) in [6.45, 7) is 1.82. The van der Waals surface area contributed by atoms with Crippen molar-refractivity contribution in [3.05, 3.63) is 58.6 Å². The quantitative estimate of drug-likeness (QED) is 0.575. The van der Waals surface area contributed by atoms with E-state index in [2.05, 4.69) is 15.8 Å². The molecule has 2 amide bonds. The first-order valence-corrected chi connectivity index (χ1v) is 8.39. The molecule has 6 nitrogen and oxygen atoms in total. The summed E-state index contributed by atoms with van der Waals surface area (Å²) in [5, 5.41) is 7.20. The smallest absolute Gasteiger partial charge is 0.240 e. The van der Waals surface area contributed by atoms with Gasteiger partial charge >= 0.3 is 0 Å². The van der Waals surface area contributed by atoms with E-state index in [1.54, 1.807) is 31.4 Å². The Balaban J connectivity index is 1.80. The second kappa shape index (κ2) is 9.58. The number of anilines is 1. The van der Waals surface area contributed by atoms with Gasteiger partial charge in [0.2, 0.25) is 11.8 Å². The van der Waals surface area contributed by atoms with Crippen molar-refractivity contribution in [2.75, 3.05) is 12.4 Å². The molecule has 0 radical (unpaired) electrons. The third-order valence-electron chi connectivity index (χ3n) is 3.65. The summed E-state index contributed by atoms with van der Waals surface area (Å²) in [6, 6.07) is 12.6. The lowest BCUT2D eigenvalue weighted by Crippen LogP contribution is -2.21. The van der Waals surface area contributed by atoms with E-state index in [4.69, 9.17) is 16.3 Å². The van der Waals surface area contributed by atoms with Gasteiger partial charge in [0.1, 0.15) is 5.75 Å². The Hall–Kier alpha value is -2.86. The van der Waals surface area contributed by atoms with Crippen LogP contribution in [-0.2, 0) is 9.59 Å². The van der Waals surface area contributed by atoms with E-state index in [1.165, 1.54) is 6.21 Å². The molecule has 0 bridgehead atoms. The number of hydrogen-bond acceptors (Lipinski definition) is 4. The third-order valence-corrected chi connectivity index (χ3v) is 4.06. The third kappa shape index (κ3) is 5.60. The maximum absolute atomic E-state index is 12.0. The fourth-order valence-electron chi connectivity index (χ4n) is 2.19. The van der Waals surface area contributed by atoms with Crippen molar-refractivity contribution in [3.63, 3.8) is 0 Å². The number of amides is 2. The number of halogens is 1. The Morgan fingerprint density at radius 2 is 1.85 bits per heavy atom. The maximum atomic E-state index is 12.0. The SMILES string of the molecule is COc1ccccc1/C=N/NC(=O)CCC(=O)Nc1cccc(Cl)c1C. The van der Waals surface area contributed by atoms with Crippen molar-refractivity contribution in [1.29, 1.82) is 0 Å². The lowest BCUT2D eigenvalue weighted by atomic mass is 10.2. The number of hydrazone groups is 1. The molecule has 0 fully saturated rings. The molecule has 0 aromatic heterocycles. The second-order valence-corrected chi connectivity index (χ2v) is 5.90. The molecule has 2 rings (SSSR count). The Morgan fingerprint density at radius 3 is 2.62 bits per heavy atom. The topological polar surface area (TPSA) is 79.8 Å². The second-order valence-electron chi connectivity index (χ2n) is 5.50. The molecule has 0 saturated carbocycles. The molecule has 2 aromatic carbocycles. The van der Waals surface area contributed by atoms with Gasteiger partial charge in [-0.15, -0.1) is 0 Å². The predicted octanol–water partition coefficient (Wildman–Crippen LogP) is 3.53. The highest BCUT2D eigenvalue weighted by Crippen LogP contribution is 2.23. The monoisotopic (exact) mass is 373 g/mol. The number of nitrogens with one attached hydrogen (secondary N) is 2. The number of para-hydroxylation sites is 1. The van der Waals surface area contributed by atoms with Crippen LogP contribution in [0.3, 0.4) is 0 Å². The van der Waals surface area contributed by atoms with Crippen LogP contribution in [0.5, 0.6) is 5.75 Å². The molecule has 26 heavy (non-hydrogen) atoms. The van der Waals surface area contributed by atoms with Crippen LogP contribution < -0.4 is 15.5 Å². The lowest BCUT2D eigenvalue weighted by molar-refractivity contribution is -0.124. The van der Waals surface area contributed by atoms with Crippen LogP contribution in [0, 0.1) is 6.92 Å². The molecule has 136 valence electrons. The average Bonchev–Trinajstić information content (AvgIpc) is 2.64. The standard InChI is InChI=1S/C19H20ClN3O3/c1-13-15(20)7-5-8-16(13)22-18(24)10-11-19(25)23-21-12-14-6-3-4-9-17(14)26-2/h3-9,12H,10-11H2,1-2H3,(H,22,24)(H,23,25)/b21-12+. The van der Waals surface area contributed by atoms with Crippen LogP contribution in [0.25, 0.3) is 0 Å². The van der Waals surface area contributed by atoms with E-state index in [-0.39, 0.29) is 24.7 Å². The Bertz CT molecular complexity index is 821. The molecule has 0 saturated heterocycles. The molecular weight excluding hydrogens is 354 g/mol. The summed E-state index contributed by atoms with van der Waals surface area (Å²) in [6.07, 6.45) is 1.56. The summed E-state index contributed by atoms with van der Waals surface area (Å²) in [5.74, 6) is 0.0371. The minimum absolute atomic E-state index is 0.0225. The summed E-state index contributed by atoms with van der Waals surface area (Å²) >= 11 is 6.01. The molecule has 0 unspecified atom stereocenters. The van der Waals surface area contributed by atoms with Gasteiger partial charge in [-0.2, -0.15) is 5.10 Å². The van der Waals surface area contributed by atoms with Gasteiger partial charge in [0.05, 0.1) is 13.3 Å². The highest BCUT2D eigenvalue weighted by atomic mass is 35.5. The summed E-state index contributed by atoms with van der Waals surface area (Å²) in [7, 11) is 1.56. The Labute approximate surface area is 157 Å². The van der Waals surface area contributed by atoms with Crippen LogP contribution in [-0.4, -0.2) is 25.1 Å². The van der Waals surface area contributed by atoms with Gasteiger partial charge in [-0.05, 0) is 36.8 Å². The van der Waals surface area contributed by atoms with E-state index in [1.807, 2.05) is 25.1 Å². The number of hydrogen-bond donors (Lipinski definition) is 2. The van der Waals surface area contributed by atoms with Crippen molar-refractivity contribution < 1.29 is 14.3 Å². The molecule has 0 atom stereocenters. The van der Waals surface area contributed by atoms with Gasteiger partial charge in [0.15, 0.2) is 0 Å². The van der Waals surface area contributed by atoms with E-state index in [0.717, 1.165) is 11.1 Å². The highest BCUT2D eigenvalue weighted by molar-refractivity contribution is 6.31. The van der Waals surface area contributed by atoms with Crippen molar-refractivity contribution in [3.8, 4) is 5.75 Å². The van der Waals surface area contributed by atoms with Gasteiger partial charge in [0.25, 0.3) is 0 Å². The normalized spacial score (nSPS) is 10.6. The van der Waals surface area contributed by atoms with E-state index >= 15 is 0 Å². The Kier molecular flexibility index (Phi) is 7.17. The number of carbonyl (C=O) groups excluding carboxylic acids is 2. The summed E-state index contributed by atoms with van der Waals surface area (Å²) in [5.41, 5.74) is 4.56. The number of methoxy groups -OCH3 is 1. The average molecular weight is 374 g/mol. The van der Waals surface area contributed by atoms with Crippen molar-refractivity contribution in [2.24, 2.45) is 5.10 Å². The van der Waals surface area contributed by atoms with Gasteiger partial charge in [-0.1, -0.05) is 29.8 Å². The molecule has 0 aliphatic carbocycles. The molecular formula is C19H20ClN3O3. The summed E-state index contributed by atoms with van der Waals surface area (Å²) < 4.78 is 5.19. The number of carbonyl (C=O) groups is 2. The van der Waals surface area contributed by atoms with Crippen molar-refractivity contribution in [2.45, 2.75) is 19.8 Å². The minimum atomic E-state index is -0.353. The van der Waals surface area contributed by atoms with Gasteiger partial charge in [-0.3, -0.25) is 9.59 Å². The fourth-order valence-corrected chi connectivity index (χ4v) is 2.36. The Morgan fingerprint density at radius 1 is 1.12 bits per heavy atom. The molecule has 0 aliphatic heterocycles. The van der Waals surface area contributed by atoms with Crippen molar-refractivity contribution >= 4 is 35.3 Å². The van der Waals surface area contributed by atoms with Crippen LogP contribution in [0.2, 0.25) is 5.02 Å². The number of benzene rings is 2. The van der Waals surface area contributed by atoms with E-state index < -0.39 is 0 Å². The number of nitrogens with zero attached hydrogens (tertiary/aromatic N) is 1.